The fraction of sp³-hybridized carbons (Fsp3) is 0.385. The lowest BCUT2D eigenvalue weighted by Crippen LogP contribution is -2.24. The summed E-state index contributed by atoms with van der Waals surface area (Å²) in [6.45, 7) is 2.28. The summed E-state index contributed by atoms with van der Waals surface area (Å²) in [7, 11) is 0. The number of hydrogen-bond donors (Lipinski definition) is 1. The van der Waals surface area contributed by atoms with E-state index in [1.54, 1.807) is 10.9 Å². The molecule has 1 aliphatic heterocycles. The molecule has 1 aliphatic rings. The van der Waals surface area contributed by atoms with Gasteiger partial charge in [0, 0.05) is 23.7 Å². The van der Waals surface area contributed by atoms with Gasteiger partial charge in [0.15, 0.2) is 5.82 Å². The molecule has 0 radical (unpaired) electrons. The Labute approximate surface area is 111 Å². The molecule has 2 aromatic heterocycles. The van der Waals surface area contributed by atoms with Crippen molar-refractivity contribution >= 4 is 17.4 Å². The van der Waals surface area contributed by atoms with E-state index in [-0.39, 0.29) is 0 Å². The van der Waals surface area contributed by atoms with Crippen molar-refractivity contribution in [1.82, 2.24) is 14.8 Å². The van der Waals surface area contributed by atoms with E-state index in [0.29, 0.717) is 11.3 Å². The Morgan fingerprint density at radius 1 is 1.44 bits per heavy atom. The van der Waals surface area contributed by atoms with Gasteiger partial charge in [-0.1, -0.05) is 6.92 Å². The molecule has 2 aromatic rings. The molecule has 3 heterocycles. The molecular weight excluding hydrogens is 244 g/mol. The average Bonchev–Trinajstić information content (AvgIpc) is 3.03. The SMILES string of the molecule is CC1SCCC1Nc1ccc(-n2cccn2)nc1. The number of rotatable bonds is 3. The van der Waals surface area contributed by atoms with Crippen LogP contribution < -0.4 is 5.32 Å². The zero-order chi connectivity index (χ0) is 12.4. The van der Waals surface area contributed by atoms with E-state index >= 15 is 0 Å². The number of nitrogens with one attached hydrogen (secondary N) is 1. The Hall–Kier alpha value is -1.49. The van der Waals surface area contributed by atoms with Crippen LogP contribution in [0.2, 0.25) is 0 Å². The Morgan fingerprint density at radius 3 is 3.00 bits per heavy atom. The van der Waals surface area contributed by atoms with Gasteiger partial charge < -0.3 is 5.32 Å². The first kappa shape index (κ1) is 11.6. The second kappa shape index (κ2) is 5.02. The van der Waals surface area contributed by atoms with Gasteiger partial charge in [0.2, 0.25) is 0 Å². The van der Waals surface area contributed by atoms with Crippen molar-refractivity contribution in [2.75, 3.05) is 11.1 Å². The molecular formula is C13H16N4S. The number of nitrogens with zero attached hydrogens (tertiary/aromatic N) is 3. The lowest BCUT2D eigenvalue weighted by atomic mass is 10.1. The monoisotopic (exact) mass is 260 g/mol. The van der Waals surface area contributed by atoms with Crippen LogP contribution >= 0.6 is 11.8 Å². The van der Waals surface area contributed by atoms with Crippen molar-refractivity contribution in [2.45, 2.75) is 24.6 Å². The van der Waals surface area contributed by atoms with Crippen molar-refractivity contribution in [1.29, 1.82) is 0 Å². The van der Waals surface area contributed by atoms with Crippen molar-refractivity contribution in [3.63, 3.8) is 0 Å². The predicted molar refractivity (Wildman–Crippen MR) is 75.3 cm³/mol. The molecule has 1 N–H and O–H groups in total. The summed E-state index contributed by atoms with van der Waals surface area (Å²) in [4.78, 5) is 4.42. The molecule has 0 bridgehead atoms. The normalized spacial score (nSPS) is 23.2. The van der Waals surface area contributed by atoms with Crippen LogP contribution in [0.5, 0.6) is 0 Å². The maximum atomic E-state index is 4.42. The molecule has 5 heteroatoms. The third kappa shape index (κ3) is 2.36. The summed E-state index contributed by atoms with van der Waals surface area (Å²) in [5, 5.41) is 8.39. The third-order valence-corrected chi connectivity index (χ3v) is 4.54. The summed E-state index contributed by atoms with van der Waals surface area (Å²) in [6, 6.07) is 6.51. The van der Waals surface area contributed by atoms with Gasteiger partial charge in [-0.05, 0) is 30.4 Å². The number of aromatic nitrogens is 3. The zero-order valence-corrected chi connectivity index (χ0v) is 11.1. The van der Waals surface area contributed by atoms with E-state index in [1.165, 1.54) is 12.2 Å². The average molecular weight is 260 g/mol. The van der Waals surface area contributed by atoms with E-state index in [0.717, 1.165) is 11.5 Å². The molecule has 2 atom stereocenters. The van der Waals surface area contributed by atoms with Crippen LogP contribution in [0.1, 0.15) is 13.3 Å². The minimum Gasteiger partial charge on any atom is -0.380 e. The van der Waals surface area contributed by atoms with Gasteiger partial charge >= 0.3 is 0 Å². The van der Waals surface area contributed by atoms with E-state index in [2.05, 4.69) is 28.4 Å². The summed E-state index contributed by atoms with van der Waals surface area (Å²) >= 11 is 2.03. The van der Waals surface area contributed by atoms with Crippen LogP contribution in [-0.4, -0.2) is 31.8 Å². The van der Waals surface area contributed by atoms with E-state index < -0.39 is 0 Å². The van der Waals surface area contributed by atoms with E-state index in [4.69, 9.17) is 0 Å². The van der Waals surface area contributed by atoms with Crippen molar-refractivity contribution in [2.24, 2.45) is 0 Å². The summed E-state index contributed by atoms with van der Waals surface area (Å²) in [5.41, 5.74) is 1.09. The number of anilines is 1. The molecule has 1 saturated heterocycles. The maximum Gasteiger partial charge on any atom is 0.153 e. The highest BCUT2D eigenvalue weighted by atomic mass is 32.2. The fourth-order valence-electron chi connectivity index (χ4n) is 2.15. The largest absolute Gasteiger partial charge is 0.380 e. The Balaban J connectivity index is 1.71. The summed E-state index contributed by atoms with van der Waals surface area (Å²) in [6.07, 6.45) is 6.76. The molecule has 3 rings (SSSR count). The van der Waals surface area contributed by atoms with Crippen LogP contribution in [-0.2, 0) is 0 Å². The fourth-order valence-corrected chi connectivity index (χ4v) is 3.34. The molecule has 0 spiro atoms. The van der Waals surface area contributed by atoms with Crippen LogP contribution in [0.3, 0.4) is 0 Å². The lowest BCUT2D eigenvalue weighted by Gasteiger charge is -2.17. The van der Waals surface area contributed by atoms with Crippen LogP contribution in [0, 0.1) is 0 Å². The molecule has 94 valence electrons. The molecule has 0 aliphatic carbocycles. The first-order valence-corrected chi connectivity index (χ1v) is 7.22. The third-order valence-electron chi connectivity index (χ3n) is 3.22. The highest BCUT2D eigenvalue weighted by Crippen LogP contribution is 2.28. The van der Waals surface area contributed by atoms with Crippen LogP contribution in [0.25, 0.3) is 5.82 Å². The van der Waals surface area contributed by atoms with Gasteiger partial charge in [-0.2, -0.15) is 16.9 Å². The van der Waals surface area contributed by atoms with Gasteiger partial charge in [0.1, 0.15) is 0 Å². The Bertz CT molecular complexity index is 494. The molecule has 2 unspecified atom stereocenters. The van der Waals surface area contributed by atoms with Crippen molar-refractivity contribution in [3.8, 4) is 5.82 Å². The van der Waals surface area contributed by atoms with E-state index in [1.807, 2.05) is 36.3 Å². The lowest BCUT2D eigenvalue weighted by molar-refractivity contribution is 0.723. The zero-order valence-electron chi connectivity index (χ0n) is 10.3. The molecule has 4 nitrogen and oxygen atoms in total. The highest BCUT2D eigenvalue weighted by Gasteiger charge is 2.23. The standard InChI is InChI=1S/C13H16N4S/c1-10-12(5-8-18-10)16-11-3-4-13(14-9-11)17-7-2-6-15-17/h2-4,6-7,9-10,12,16H,5,8H2,1H3. The molecule has 1 fully saturated rings. The maximum absolute atomic E-state index is 4.42. The van der Waals surface area contributed by atoms with Gasteiger partial charge in [0.25, 0.3) is 0 Å². The Kier molecular flexibility index (Phi) is 3.23. The number of hydrogen-bond acceptors (Lipinski definition) is 4. The van der Waals surface area contributed by atoms with Gasteiger partial charge in [-0.15, -0.1) is 0 Å². The second-order valence-corrected chi connectivity index (χ2v) is 5.96. The highest BCUT2D eigenvalue weighted by molar-refractivity contribution is 8.00. The topological polar surface area (TPSA) is 42.7 Å². The van der Waals surface area contributed by atoms with Crippen LogP contribution in [0.4, 0.5) is 5.69 Å². The first-order valence-electron chi connectivity index (χ1n) is 6.17. The van der Waals surface area contributed by atoms with Crippen LogP contribution in [0.15, 0.2) is 36.8 Å². The molecule has 0 amide bonds. The number of thioether (sulfide) groups is 1. The molecule has 18 heavy (non-hydrogen) atoms. The quantitative estimate of drug-likeness (QED) is 0.921. The second-order valence-electron chi connectivity index (χ2n) is 4.47. The number of pyridine rings is 1. The van der Waals surface area contributed by atoms with Gasteiger partial charge in [-0.3, -0.25) is 0 Å². The van der Waals surface area contributed by atoms with Crippen molar-refractivity contribution in [3.05, 3.63) is 36.8 Å². The minimum atomic E-state index is 0.562. The first-order chi connectivity index (χ1) is 8.83. The molecule has 0 saturated carbocycles. The molecule has 0 aromatic carbocycles. The summed E-state index contributed by atoms with van der Waals surface area (Å²) in [5.74, 6) is 2.09. The summed E-state index contributed by atoms with van der Waals surface area (Å²) < 4.78 is 1.76. The van der Waals surface area contributed by atoms with Gasteiger partial charge in [0.05, 0.1) is 11.9 Å². The predicted octanol–water partition coefficient (Wildman–Crippen LogP) is 2.57. The minimum absolute atomic E-state index is 0.562. The Morgan fingerprint density at radius 2 is 2.39 bits per heavy atom. The van der Waals surface area contributed by atoms with E-state index in [9.17, 15) is 0 Å². The van der Waals surface area contributed by atoms with Crippen molar-refractivity contribution < 1.29 is 0 Å². The smallest absolute Gasteiger partial charge is 0.153 e. The van der Waals surface area contributed by atoms with Gasteiger partial charge in [-0.25, -0.2) is 9.67 Å².